The van der Waals surface area contributed by atoms with Gasteiger partial charge in [0.05, 0.1) is 5.92 Å². The van der Waals surface area contributed by atoms with Crippen molar-refractivity contribution in [1.29, 1.82) is 0 Å². The molecule has 1 saturated carbocycles. The number of hydrogen-bond donors (Lipinski definition) is 1. The highest BCUT2D eigenvalue weighted by atomic mass is 16.2. The molecule has 0 aromatic carbocycles. The predicted molar refractivity (Wildman–Crippen MR) is 65.4 cm³/mol. The predicted octanol–water partition coefficient (Wildman–Crippen LogP) is 2.14. The molecule has 2 aliphatic rings. The molecule has 2 fully saturated rings. The van der Waals surface area contributed by atoms with Gasteiger partial charge in [0.2, 0.25) is 5.91 Å². The van der Waals surface area contributed by atoms with E-state index in [2.05, 4.69) is 12.2 Å². The van der Waals surface area contributed by atoms with Crippen LogP contribution >= 0.6 is 0 Å². The Balaban J connectivity index is 2.09. The third kappa shape index (κ3) is 2.45. The summed E-state index contributed by atoms with van der Waals surface area (Å²) in [4.78, 5) is 25.2. The fourth-order valence-electron chi connectivity index (χ4n) is 3.12. The van der Waals surface area contributed by atoms with Gasteiger partial charge in [-0.2, -0.15) is 0 Å². The Morgan fingerprint density at radius 2 is 2.00 bits per heavy atom. The van der Waals surface area contributed by atoms with E-state index in [0.29, 0.717) is 18.5 Å². The first-order valence-electron chi connectivity index (χ1n) is 6.75. The highest BCUT2D eigenvalue weighted by Gasteiger charge is 2.37. The summed E-state index contributed by atoms with van der Waals surface area (Å²) in [7, 11) is 0. The second-order valence-electron chi connectivity index (χ2n) is 5.37. The molecule has 1 saturated heterocycles. The first kappa shape index (κ1) is 12.4. The lowest BCUT2D eigenvalue weighted by atomic mass is 9.81. The molecule has 0 aromatic rings. The van der Waals surface area contributed by atoms with Crippen LogP contribution in [0.5, 0.6) is 0 Å². The molecule has 1 aliphatic carbocycles. The van der Waals surface area contributed by atoms with Gasteiger partial charge in [-0.15, -0.1) is 0 Å². The van der Waals surface area contributed by atoms with Crippen molar-refractivity contribution >= 4 is 11.9 Å². The molecule has 3 amide bonds. The Kier molecular flexibility index (Phi) is 3.69. The second-order valence-corrected chi connectivity index (χ2v) is 5.37. The maximum Gasteiger partial charge on any atom is 0.324 e. The number of rotatable bonds is 2. The van der Waals surface area contributed by atoms with E-state index >= 15 is 0 Å². The van der Waals surface area contributed by atoms with Gasteiger partial charge < -0.3 is 4.90 Å². The van der Waals surface area contributed by atoms with Crippen molar-refractivity contribution in [3.63, 3.8) is 0 Å². The Labute approximate surface area is 103 Å². The monoisotopic (exact) mass is 238 g/mol. The van der Waals surface area contributed by atoms with Crippen LogP contribution in [0.4, 0.5) is 4.79 Å². The molecule has 3 atom stereocenters. The second kappa shape index (κ2) is 5.07. The molecule has 3 unspecified atom stereocenters. The molecule has 0 spiro atoms. The largest absolute Gasteiger partial charge is 0.324 e. The molecule has 1 N–H and O–H groups in total. The van der Waals surface area contributed by atoms with Crippen LogP contribution in [-0.2, 0) is 4.79 Å². The fraction of sp³-hybridized carbons (Fsp3) is 0.846. The summed E-state index contributed by atoms with van der Waals surface area (Å²) in [6, 6.07) is 0.155. The summed E-state index contributed by atoms with van der Waals surface area (Å²) in [5, 5.41) is 2.47. The van der Waals surface area contributed by atoms with Crippen molar-refractivity contribution in [3.8, 4) is 0 Å². The molecule has 0 radical (unpaired) electrons. The van der Waals surface area contributed by atoms with Gasteiger partial charge in [-0.05, 0) is 18.8 Å². The Morgan fingerprint density at radius 1 is 1.29 bits per heavy atom. The minimum atomic E-state index is -0.182. The van der Waals surface area contributed by atoms with Crippen LogP contribution in [0, 0.1) is 11.8 Å². The molecule has 0 aromatic heterocycles. The van der Waals surface area contributed by atoms with E-state index in [9.17, 15) is 9.59 Å². The first-order valence-corrected chi connectivity index (χ1v) is 6.75. The first-order chi connectivity index (χ1) is 8.13. The number of nitrogens with one attached hydrogen (secondary N) is 1. The van der Waals surface area contributed by atoms with Gasteiger partial charge in [-0.3, -0.25) is 10.1 Å². The maximum absolute atomic E-state index is 11.9. The lowest BCUT2D eigenvalue weighted by Crippen LogP contribution is -2.58. The topological polar surface area (TPSA) is 49.4 Å². The zero-order valence-corrected chi connectivity index (χ0v) is 10.7. The van der Waals surface area contributed by atoms with Crippen molar-refractivity contribution in [2.45, 2.75) is 52.0 Å². The van der Waals surface area contributed by atoms with Crippen LogP contribution in [-0.4, -0.2) is 29.4 Å². The SMILES string of the molecule is CCC1CCCCC1N1CC(C)C(=O)NC1=O. The third-order valence-electron chi connectivity index (χ3n) is 4.20. The number of imide groups is 1. The highest BCUT2D eigenvalue weighted by Crippen LogP contribution is 2.31. The number of urea groups is 1. The van der Waals surface area contributed by atoms with E-state index in [-0.39, 0.29) is 17.9 Å². The van der Waals surface area contributed by atoms with Gasteiger partial charge in [0.1, 0.15) is 0 Å². The number of amides is 3. The molecule has 4 heteroatoms. The standard InChI is InChI=1S/C13H22N2O2/c1-3-10-6-4-5-7-11(10)15-8-9(2)12(16)14-13(15)17/h9-11H,3-8H2,1-2H3,(H,14,16,17). The molecule has 17 heavy (non-hydrogen) atoms. The van der Waals surface area contributed by atoms with Gasteiger partial charge in [0.25, 0.3) is 0 Å². The van der Waals surface area contributed by atoms with Crippen LogP contribution in [0.2, 0.25) is 0 Å². The van der Waals surface area contributed by atoms with Crippen molar-refractivity contribution in [2.24, 2.45) is 11.8 Å². The highest BCUT2D eigenvalue weighted by molar-refractivity contribution is 5.97. The summed E-state index contributed by atoms with van der Waals surface area (Å²) in [6.45, 7) is 4.67. The van der Waals surface area contributed by atoms with Gasteiger partial charge in [-0.25, -0.2) is 4.79 Å². The van der Waals surface area contributed by atoms with Crippen molar-refractivity contribution in [1.82, 2.24) is 10.2 Å². The molecule has 4 nitrogen and oxygen atoms in total. The molecule has 1 heterocycles. The lowest BCUT2D eigenvalue weighted by Gasteiger charge is -2.42. The van der Waals surface area contributed by atoms with E-state index in [1.165, 1.54) is 19.3 Å². The molecular formula is C13H22N2O2. The van der Waals surface area contributed by atoms with Crippen LogP contribution in [0.15, 0.2) is 0 Å². The zero-order chi connectivity index (χ0) is 12.4. The molecule has 96 valence electrons. The fourth-order valence-corrected chi connectivity index (χ4v) is 3.12. The number of hydrogen-bond acceptors (Lipinski definition) is 2. The van der Waals surface area contributed by atoms with Crippen LogP contribution in [0.25, 0.3) is 0 Å². The van der Waals surface area contributed by atoms with E-state index in [4.69, 9.17) is 0 Å². The van der Waals surface area contributed by atoms with Gasteiger partial charge in [0, 0.05) is 12.6 Å². The summed E-state index contributed by atoms with van der Waals surface area (Å²) in [5.41, 5.74) is 0. The van der Waals surface area contributed by atoms with Crippen LogP contribution in [0.1, 0.15) is 46.0 Å². The number of nitrogens with zero attached hydrogens (tertiary/aromatic N) is 1. The molecular weight excluding hydrogens is 216 g/mol. The van der Waals surface area contributed by atoms with E-state index in [0.717, 1.165) is 12.8 Å². The number of carbonyl (C=O) groups excluding carboxylic acids is 2. The summed E-state index contributed by atoms with van der Waals surface area (Å²) in [6.07, 6.45) is 5.91. The summed E-state index contributed by atoms with van der Waals surface area (Å²) >= 11 is 0. The smallest absolute Gasteiger partial charge is 0.320 e. The molecule has 2 rings (SSSR count). The average Bonchev–Trinajstić information content (AvgIpc) is 2.34. The summed E-state index contributed by atoms with van der Waals surface area (Å²) in [5.74, 6) is 0.400. The van der Waals surface area contributed by atoms with Gasteiger partial charge >= 0.3 is 6.03 Å². The minimum Gasteiger partial charge on any atom is -0.320 e. The van der Waals surface area contributed by atoms with Crippen molar-refractivity contribution in [3.05, 3.63) is 0 Å². The number of carbonyl (C=O) groups is 2. The summed E-state index contributed by atoms with van der Waals surface area (Å²) < 4.78 is 0. The van der Waals surface area contributed by atoms with E-state index in [1.807, 2.05) is 11.8 Å². The minimum absolute atomic E-state index is 0.0767. The van der Waals surface area contributed by atoms with Crippen molar-refractivity contribution in [2.75, 3.05) is 6.54 Å². The van der Waals surface area contributed by atoms with Crippen molar-refractivity contribution < 1.29 is 9.59 Å². The van der Waals surface area contributed by atoms with Crippen LogP contribution < -0.4 is 5.32 Å². The third-order valence-corrected chi connectivity index (χ3v) is 4.20. The zero-order valence-electron chi connectivity index (χ0n) is 10.7. The maximum atomic E-state index is 11.9. The Morgan fingerprint density at radius 3 is 2.71 bits per heavy atom. The normalized spacial score (nSPS) is 34.7. The van der Waals surface area contributed by atoms with E-state index in [1.54, 1.807) is 0 Å². The average molecular weight is 238 g/mol. The van der Waals surface area contributed by atoms with Gasteiger partial charge in [-0.1, -0.05) is 33.1 Å². The molecule has 0 bridgehead atoms. The van der Waals surface area contributed by atoms with Gasteiger partial charge in [0.15, 0.2) is 0 Å². The Bertz CT molecular complexity index is 317. The Hall–Kier alpha value is -1.06. The molecule has 1 aliphatic heterocycles. The van der Waals surface area contributed by atoms with Crippen LogP contribution in [0.3, 0.4) is 0 Å². The quantitative estimate of drug-likeness (QED) is 0.801. The lowest BCUT2D eigenvalue weighted by molar-refractivity contribution is -0.126. The van der Waals surface area contributed by atoms with E-state index < -0.39 is 0 Å².